The van der Waals surface area contributed by atoms with Gasteiger partial charge in [0.1, 0.15) is 0 Å². The van der Waals surface area contributed by atoms with Crippen LogP contribution in [0.1, 0.15) is 62.1 Å². The van der Waals surface area contributed by atoms with Crippen LogP contribution in [-0.2, 0) is 24.9 Å². The number of rotatable bonds is 3. The second kappa shape index (κ2) is 10.8. The molecule has 5 rings (SSSR count). The number of pyridine rings is 1. The number of aliphatic hydroxyl groups is 1. The van der Waals surface area contributed by atoms with Crippen LogP contribution in [0.3, 0.4) is 0 Å². The van der Waals surface area contributed by atoms with E-state index in [0.717, 1.165) is 34.5 Å². The maximum atomic E-state index is 10.0. The quantitative estimate of drug-likeness (QED) is 0.191. The average Bonchev–Trinajstić information content (AvgIpc) is 3.35. The molecule has 1 radical (unpaired) electrons. The van der Waals surface area contributed by atoms with Crippen LogP contribution in [0.15, 0.2) is 54.3 Å². The number of aryl methyl sites for hydroxylation is 2. The van der Waals surface area contributed by atoms with E-state index in [4.69, 9.17) is 10.1 Å². The summed E-state index contributed by atoms with van der Waals surface area (Å²) in [7, 11) is 0. The molecule has 1 N–H and O–H groups in total. The third kappa shape index (κ3) is 6.19. The SMILES string of the molecule is CC(=O)/C=C(/C)O.Cc1[c-]c(-c2ccc3cc(C4CC5CCC4C5)ccc3n2)cc(C)c1.[Ir]. The van der Waals surface area contributed by atoms with Gasteiger partial charge in [0.15, 0.2) is 5.78 Å². The molecule has 3 nitrogen and oxygen atoms in total. The summed E-state index contributed by atoms with van der Waals surface area (Å²) in [4.78, 5) is 14.9. The van der Waals surface area contributed by atoms with E-state index in [1.165, 1.54) is 67.7 Å². The number of benzene rings is 2. The molecule has 0 amide bonds. The number of aliphatic hydroxyl groups excluding tert-OH is 1. The summed E-state index contributed by atoms with van der Waals surface area (Å²) in [5, 5.41) is 9.63. The second-order valence-electron chi connectivity index (χ2n) is 9.58. The van der Waals surface area contributed by atoms with Crippen LogP contribution in [0.25, 0.3) is 22.2 Å². The summed E-state index contributed by atoms with van der Waals surface area (Å²) in [6.45, 7) is 7.08. The predicted molar refractivity (Wildman–Crippen MR) is 131 cm³/mol. The Hall–Kier alpha value is -2.29. The summed E-state index contributed by atoms with van der Waals surface area (Å²) in [6, 6.07) is 19.1. The smallest absolute Gasteiger partial charge is 0.155 e. The van der Waals surface area contributed by atoms with Crippen LogP contribution in [-0.4, -0.2) is 15.9 Å². The van der Waals surface area contributed by atoms with Gasteiger partial charge in [0.05, 0.1) is 11.3 Å². The number of carbonyl (C=O) groups excluding carboxylic acids is 1. The first-order chi connectivity index (χ1) is 15.3. The molecular formula is C29H32IrNO2-. The summed E-state index contributed by atoms with van der Waals surface area (Å²) >= 11 is 0. The molecule has 175 valence electrons. The molecule has 2 bridgehead atoms. The van der Waals surface area contributed by atoms with Crippen molar-refractivity contribution in [3.8, 4) is 11.3 Å². The zero-order valence-corrected chi connectivity index (χ0v) is 22.2. The van der Waals surface area contributed by atoms with Gasteiger partial charge in [-0.2, -0.15) is 0 Å². The molecule has 33 heavy (non-hydrogen) atoms. The average molecular weight is 619 g/mol. The fourth-order valence-electron chi connectivity index (χ4n) is 5.51. The van der Waals surface area contributed by atoms with E-state index in [-0.39, 0.29) is 31.6 Å². The molecule has 3 unspecified atom stereocenters. The minimum absolute atomic E-state index is 0. The molecule has 0 saturated heterocycles. The summed E-state index contributed by atoms with van der Waals surface area (Å²) in [5.74, 6) is 2.65. The van der Waals surface area contributed by atoms with E-state index < -0.39 is 0 Å². The van der Waals surface area contributed by atoms with Crippen LogP contribution in [0.4, 0.5) is 0 Å². The van der Waals surface area contributed by atoms with Crippen molar-refractivity contribution >= 4 is 16.7 Å². The van der Waals surface area contributed by atoms with Crippen molar-refractivity contribution in [1.82, 2.24) is 4.98 Å². The molecule has 2 saturated carbocycles. The maximum Gasteiger partial charge on any atom is 0.155 e. The van der Waals surface area contributed by atoms with E-state index in [9.17, 15) is 4.79 Å². The van der Waals surface area contributed by atoms with Crippen molar-refractivity contribution in [3.05, 3.63) is 77.1 Å². The number of fused-ring (bicyclic) bond motifs is 3. The monoisotopic (exact) mass is 619 g/mol. The number of allylic oxidation sites excluding steroid dienone is 2. The van der Waals surface area contributed by atoms with Gasteiger partial charge in [-0.1, -0.05) is 38.5 Å². The molecule has 2 aliphatic carbocycles. The van der Waals surface area contributed by atoms with Crippen LogP contribution >= 0.6 is 0 Å². The van der Waals surface area contributed by atoms with Crippen molar-refractivity contribution in [1.29, 1.82) is 0 Å². The van der Waals surface area contributed by atoms with Crippen molar-refractivity contribution in [3.63, 3.8) is 0 Å². The number of aromatic nitrogens is 1. The third-order valence-corrected chi connectivity index (χ3v) is 6.72. The number of ketones is 1. The summed E-state index contributed by atoms with van der Waals surface area (Å²) in [5.41, 5.74) is 7.18. The molecule has 4 heteroatoms. The van der Waals surface area contributed by atoms with E-state index in [0.29, 0.717) is 0 Å². The predicted octanol–water partition coefficient (Wildman–Crippen LogP) is 7.26. The van der Waals surface area contributed by atoms with Gasteiger partial charge in [0, 0.05) is 26.2 Å². The van der Waals surface area contributed by atoms with Crippen LogP contribution in [0.5, 0.6) is 0 Å². The molecule has 3 aromatic rings. The third-order valence-electron chi connectivity index (χ3n) is 6.72. The van der Waals surface area contributed by atoms with Crippen LogP contribution < -0.4 is 0 Å². The summed E-state index contributed by atoms with van der Waals surface area (Å²) in [6.07, 6.45) is 6.93. The fourth-order valence-corrected chi connectivity index (χ4v) is 5.51. The van der Waals surface area contributed by atoms with E-state index in [1.54, 1.807) is 0 Å². The van der Waals surface area contributed by atoms with Gasteiger partial charge in [-0.25, -0.2) is 0 Å². The Morgan fingerprint density at radius 2 is 1.85 bits per heavy atom. The molecule has 1 heterocycles. The number of hydrogen-bond donors (Lipinski definition) is 1. The van der Waals surface area contributed by atoms with Gasteiger partial charge in [-0.05, 0) is 79.6 Å². The topological polar surface area (TPSA) is 50.2 Å². The Labute approximate surface area is 210 Å². The molecule has 1 aromatic heterocycles. The maximum absolute atomic E-state index is 10.0. The number of nitrogens with zero attached hydrogens (tertiary/aromatic N) is 1. The Morgan fingerprint density at radius 1 is 1.06 bits per heavy atom. The Balaban J connectivity index is 0.000000337. The van der Waals surface area contributed by atoms with Crippen molar-refractivity contribution in [2.75, 3.05) is 0 Å². The zero-order chi connectivity index (χ0) is 22.8. The summed E-state index contributed by atoms with van der Waals surface area (Å²) < 4.78 is 0. The van der Waals surface area contributed by atoms with E-state index in [2.05, 4.69) is 62.4 Å². The van der Waals surface area contributed by atoms with E-state index in [1.807, 2.05) is 0 Å². The molecule has 2 aromatic carbocycles. The first kappa shape index (κ1) is 25.3. The minimum Gasteiger partial charge on any atom is -0.512 e. The normalized spacial score (nSPS) is 21.3. The first-order valence-electron chi connectivity index (χ1n) is 11.6. The van der Waals surface area contributed by atoms with Gasteiger partial charge in [-0.3, -0.25) is 9.78 Å². The van der Waals surface area contributed by atoms with Gasteiger partial charge in [0.2, 0.25) is 0 Å². The van der Waals surface area contributed by atoms with Crippen molar-refractivity contribution in [2.45, 2.75) is 59.3 Å². The zero-order valence-electron chi connectivity index (χ0n) is 19.8. The van der Waals surface area contributed by atoms with Crippen LogP contribution in [0, 0.1) is 31.7 Å². The number of hydrogen-bond acceptors (Lipinski definition) is 3. The van der Waals surface area contributed by atoms with Gasteiger partial charge >= 0.3 is 0 Å². The molecule has 3 atom stereocenters. The minimum atomic E-state index is -0.125. The molecular weight excluding hydrogens is 587 g/mol. The Kier molecular flexibility index (Phi) is 8.26. The fraction of sp³-hybridized carbons (Fsp3) is 0.379. The largest absolute Gasteiger partial charge is 0.512 e. The molecule has 0 aliphatic heterocycles. The Bertz CT molecular complexity index is 1160. The van der Waals surface area contributed by atoms with E-state index >= 15 is 0 Å². The van der Waals surface area contributed by atoms with Crippen molar-refractivity contribution in [2.24, 2.45) is 11.8 Å². The number of carbonyl (C=O) groups is 1. The molecule has 2 fully saturated rings. The first-order valence-corrected chi connectivity index (χ1v) is 11.6. The van der Waals surface area contributed by atoms with Gasteiger partial charge in [-0.15, -0.1) is 34.9 Å². The van der Waals surface area contributed by atoms with Crippen molar-refractivity contribution < 1.29 is 30.0 Å². The Morgan fingerprint density at radius 3 is 2.42 bits per heavy atom. The molecule has 2 aliphatic rings. The van der Waals surface area contributed by atoms with Gasteiger partial charge in [0.25, 0.3) is 0 Å². The molecule has 0 spiro atoms. The van der Waals surface area contributed by atoms with Crippen LogP contribution in [0.2, 0.25) is 0 Å². The second-order valence-corrected chi connectivity index (χ2v) is 9.58. The van der Waals surface area contributed by atoms with Gasteiger partial charge < -0.3 is 5.11 Å². The standard InChI is InChI=1S/C24H24N.C5H8O2.Ir/c1-15-9-16(2)11-21(10-15)24-8-6-20-14-19(5-7-23(20)25-24)22-13-17-3-4-18(22)12-17;1-4(6)3-5(2)7;/h5-10,14,17-18,22H,3-4,12-13H2,1-2H3;3,6H,1-2H3;/q-1;;/b;4-3-;.